The second-order valence-corrected chi connectivity index (χ2v) is 6.47. The first-order valence-electron chi connectivity index (χ1n) is 5.48. The molecule has 2 atom stereocenters. The fraction of sp³-hybridized carbons (Fsp3) is 0.636. The zero-order valence-electron chi connectivity index (χ0n) is 9.55. The topological polar surface area (TPSA) is 34.9 Å². The second kappa shape index (κ2) is 5.27. The van der Waals surface area contributed by atoms with Crippen LogP contribution in [0.1, 0.15) is 23.7 Å². The minimum Gasteiger partial charge on any atom is -0.293 e. The Morgan fingerprint density at radius 1 is 1.56 bits per heavy atom. The van der Waals surface area contributed by atoms with E-state index in [0.717, 1.165) is 17.7 Å². The van der Waals surface area contributed by atoms with E-state index in [2.05, 4.69) is 12.0 Å². The van der Waals surface area contributed by atoms with Gasteiger partial charge in [-0.2, -0.15) is 16.9 Å². The van der Waals surface area contributed by atoms with Crippen molar-refractivity contribution in [1.82, 2.24) is 9.78 Å². The summed E-state index contributed by atoms with van der Waals surface area (Å²) in [5.41, 5.74) is 0.751. The van der Waals surface area contributed by atoms with E-state index in [0.29, 0.717) is 5.25 Å². The normalized spacial score (nSPS) is 25.6. The van der Waals surface area contributed by atoms with Gasteiger partial charge >= 0.3 is 0 Å². The molecule has 0 radical (unpaired) electrons. The van der Waals surface area contributed by atoms with Crippen LogP contribution in [0.25, 0.3) is 0 Å². The molecule has 0 aliphatic carbocycles. The monoisotopic (exact) mass is 256 g/mol. The van der Waals surface area contributed by atoms with Crippen molar-refractivity contribution in [2.24, 2.45) is 7.05 Å². The van der Waals surface area contributed by atoms with Gasteiger partial charge in [-0.3, -0.25) is 9.48 Å². The summed E-state index contributed by atoms with van der Waals surface area (Å²) in [7, 11) is 1.84. The minimum absolute atomic E-state index is 0.118. The highest BCUT2D eigenvalue weighted by molar-refractivity contribution is 8.07. The first-order chi connectivity index (χ1) is 7.72. The van der Waals surface area contributed by atoms with Crippen LogP contribution in [0.4, 0.5) is 0 Å². The van der Waals surface area contributed by atoms with Gasteiger partial charge in [-0.25, -0.2) is 0 Å². The number of carbonyl (C=O) groups excluding carboxylic acids is 1. The molecule has 1 aromatic heterocycles. The van der Waals surface area contributed by atoms with Crippen molar-refractivity contribution >= 4 is 29.3 Å². The lowest BCUT2D eigenvalue weighted by atomic mass is 10.1. The Kier molecular flexibility index (Phi) is 3.97. The van der Waals surface area contributed by atoms with E-state index in [1.54, 1.807) is 22.6 Å². The number of ketones is 1. The molecule has 0 aromatic carbocycles. The predicted molar refractivity (Wildman–Crippen MR) is 70.3 cm³/mol. The number of carbonyl (C=O) groups is 1. The van der Waals surface area contributed by atoms with Crippen LogP contribution in [0.5, 0.6) is 0 Å². The highest BCUT2D eigenvalue weighted by atomic mass is 32.2. The average Bonchev–Trinajstić information content (AvgIpc) is 2.75. The second-order valence-electron chi connectivity index (χ2n) is 3.88. The largest absolute Gasteiger partial charge is 0.293 e. The third-order valence-electron chi connectivity index (χ3n) is 2.70. The number of Topliss-reactive ketones (excluding diaryl/α,β-unsaturated/α-hetero) is 1. The molecule has 0 saturated carbocycles. The van der Waals surface area contributed by atoms with Gasteiger partial charge in [-0.1, -0.05) is 6.92 Å². The number of nitrogens with zero attached hydrogens (tertiary/aromatic N) is 2. The summed E-state index contributed by atoms with van der Waals surface area (Å²) in [6.45, 7) is 2.16. The van der Waals surface area contributed by atoms with Crippen LogP contribution in [0.2, 0.25) is 0 Å². The third kappa shape index (κ3) is 2.46. The molecule has 1 aliphatic heterocycles. The van der Waals surface area contributed by atoms with Gasteiger partial charge < -0.3 is 0 Å². The Balaban J connectivity index is 2.13. The highest BCUT2D eigenvalue weighted by Crippen LogP contribution is 2.35. The first-order valence-corrected chi connectivity index (χ1v) is 7.58. The van der Waals surface area contributed by atoms with E-state index in [-0.39, 0.29) is 11.0 Å². The Hall–Kier alpha value is -0.420. The van der Waals surface area contributed by atoms with Crippen molar-refractivity contribution in [2.75, 3.05) is 11.5 Å². The van der Waals surface area contributed by atoms with Gasteiger partial charge in [0.25, 0.3) is 0 Å². The quantitative estimate of drug-likeness (QED) is 0.777. The highest BCUT2D eigenvalue weighted by Gasteiger charge is 2.31. The molecule has 0 bridgehead atoms. The molecule has 1 aromatic rings. The Bertz CT molecular complexity index is 378. The van der Waals surface area contributed by atoms with Gasteiger partial charge in [-0.15, -0.1) is 11.8 Å². The van der Waals surface area contributed by atoms with E-state index in [1.165, 1.54) is 5.75 Å². The lowest BCUT2D eigenvalue weighted by molar-refractivity contribution is 0.0988. The van der Waals surface area contributed by atoms with E-state index in [4.69, 9.17) is 0 Å². The van der Waals surface area contributed by atoms with Gasteiger partial charge in [0.05, 0.1) is 17.0 Å². The number of rotatable bonds is 3. The molecule has 1 saturated heterocycles. The number of aryl methyl sites for hydroxylation is 1. The first kappa shape index (κ1) is 12.0. The molecule has 0 spiro atoms. The van der Waals surface area contributed by atoms with E-state index in [1.807, 2.05) is 25.0 Å². The van der Waals surface area contributed by atoms with E-state index < -0.39 is 0 Å². The molecule has 2 heterocycles. The van der Waals surface area contributed by atoms with Crippen molar-refractivity contribution in [3.8, 4) is 0 Å². The molecule has 1 fully saturated rings. The van der Waals surface area contributed by atoms with Crippen LogP contribution in [0, 0.1) is 0 Å². The molecular formula is C11H16N2OS2. The number of thioether (sulfide) groups is 2. The Morgan fingerprint density at radius 2 is 2.31 bits per heavy atom. The van der Waals surface area contributed by atoms with Crippen LogP contribution in [0.15, 0.2) is 12.4 Å². The summed E-state index contributed by atoms with van der Waals surface area (Å²) in [4.78, 5) is 12.3. The molecule has 16 heavy (non-hydrogen) atoms. The van der Waals surface area contributed by atoms with Crippen molar-refractivity contribution < 1.29 is 4.79 Å². The minimum atomic E-state index is 0.118. The van der Waals surface area contributed by atoms with Gasteiger partial charge in [0.1, 0.15) is 0 Å². The number of hydrogen-bond acceptors (Lipinski definition) is 4. The Labute approximate surface area is 104 Å². The summed E-state index contributed by atoms with van der Waals surface area (Å²) in [6, 6.07) is 0. The van der Waals surface area contributed by atoms with Crippen molar-refractivity contribution in [2.45, 2.75) is 23.8 Å². The molecule has 2 unspecified atom stereocenters. The summed E-state index contributed by atoms with van der Waals surface area (Å²) < 4.78 is 1.69. The van der Waals surface area contributed by atoms with Crippen LogP contribution in [-0.2, 0) is 7.05 Å². The van der Waals surface area contributed by atoms with E-state index >= 15 is 0 Å². The number of hydrogen-bond donors (Lipinski definition) is 0. The molecule has 3 nitrogen and oxygen atoms in total. The third-order valence-corrected chi connectivity index (χ3v) is 5.95. The maximum Gasteiger partial charge on any atom is 0.180 e. The van der Waals surface area contributed by atoms with Gasteiger partial charge in [0.2, 0.25) is 0 Å². The van der Waals surface area contributed by atoms with Gasteiger partial charge in [-0.05, 0) is 6.42 Å². The maximum atomic E-state index is 12.3. The molecule has 0 amide bonds. The Morgan fingerprint density at radius 3 is 2.94 bits per heavy atom. The maximum absolute atomic E-state index is 12.3. The zero-order valence-corrected chi connectivity index (χ0v) is 11.2. The lowest BCUT2D eigenvalue weighted by Gasteiger charge is -2.28. The molecule has 1 aliphatic rings. The van der Waals surface area contributed by atoms with Crippen LogP contribution in [-0.4, -0.2) is 37.6 Å². The van der Waals surface area contributed by atoms with Gasteiger partial charge in [0.15, 0.2) is 5.78 Å². The van der Waals surface area contributed by atoms with Crippen LogP contribution >= 0.6 is 23.5 Å². The summed E-state index contributed by atoms with van der Waals surface area (Å²) in [5, 5.41) is 4.65. The smallest absolute Gasteiger partial charge is 0.180 e. The average molecular weight is 256 g/mol. The predicted octanol–water partition coefficient (Wildman–Crippen LogP) is 2.23. The summed E-state index contributed by atoms with van der Waals surface area (Å²) in [5.74, 6) is 2.50. The standard InChI is InChI=1S/C11H16N2OS2/c1-3-9-11(16-5-4-15-9)10(14)8-6-12-13(2)7-8/h6-7,9,11H,3-5H2,1-2H3. The SMILES string of the molecule is CCC1SCCSC1C(=O)c1cnn(C)c1. The molecule has 88 valence electrons. The van der Waals surface area contributed by atoms with Crippen molar-refractivity contribution in [3.63, 3.8) is 0 Å². The van der Waals surface area contributed by atoms with E-state index in [9.17, 15) is 4.79 Å². The molecular weight excluding hydrogens is 240 g/mol. The van der Waals surface area contributed by atoms with Crippen LogP contribution in [0.3, 0.4) is 0 Å². The summed E-state index contributed by atoms with van der Waals surface area (Å²) in [6.07, 6.45) is 4.55. The molecule has 0 N–H and O–H groups in total. The zero-order chi connectivity index (χ0) is 11.5. The van der Waals surface area contributed by atoms with Crippen LogP contribution < -0.4 is 0 Å². The number of aromatic nitrogens is 2. The fourth-order valence-electron chi connectivity index (χ4n) is 1.86. The molecule has 5 heteroatoms. The molecule has 2 rings (SSSR count). The summed E-state index contributed by atoms with van der Waals surface area (Å²) >= 11 is 3.73. The van der Waals surface area contributed by atoms with Gasteiger partial charge in [0, 0.05) is 30.0 Å². The van der Waals surface area contributed by atoms with Crippen molar-refractivity contribution in [1.29, 1.82) is 0 Å². The lowest BCUT2D eigenvalue weighted by Crippen LogP contribution is -2.32. The van der Waals surface area contributed by atoms with Crippen molar-refractivity contribution in [3.05, 3.63) is 18.0 Å². The fourth-order valence-corrected chi connectivity index (χ4v) is 4.89.